The Balaban J connectivity index is 2.21. The summed E-state index contributed by atoms with van der Waals surface area (Å²) in [5.41, 5.74) is 6.50. The molecule has 4 heteroatoms. The molecule has 1 aromatic heterocycles. The van der Waals surface area contributed by atoms with E-state index in [1.54, 1.807) is 13.4 Å². The molecular weight excluding hydrogens is 294 g/mol. The summed E-state index contributed by atoms with van der Waals surface area (Å²) in [4.78, 5) is 0. The van der Waals surface area contributed by atoms with E-state index in [9.17, 15) is 0 Å². The third-order valence-electron chi connectivity index (χ3n) is 4.35. The Kier molecular flexibility index (Phi) is 3.90. The molecule has 1 fully saturated rings. The van der Waals surface area contributed by atoms with Crippen LogP contribution >= 0.6 is 15.9 Å². The van der Waals surface area contributed by atoms with Gasteiger partial charge >= 0.3 is 0 Å². The second kappa shape index (κ2) is 4.99. The van der Waals surface area contributed by atoms with E-state index in [4.69, 9.17) is 14.9 Å². The van der Waals surface area contributed by atoms with Crippen molar-refractivity contribution < 1.29 is 9.15 Å². The highest BCUT2D eigenvalue weighted by atomic mass is 79.9. The van der Waals surface area contributed by atoms with E-state index in [0.29, 0.717) is 5.41 Å². The zero-order valence-electron chi connectivity index (χ0n) is 11.3. The number of halogens is 1. The molecule has 0 spiro atoms. The molecule has 2 N–H and O–H groups in total. The molecule has 1 aliphatic rings. The zero-order valence-corrected chi connectivity index (χ0v) is 12.9. The topological polar surface area (TPSA) is 48.4 Å². The van der Waals surface area contributed by atoms with Crippen LogP contribution in [0.15, 0.2) is 21.2 Å². The van der Waals surface area contributed by atoms with Gasteiger partial charge in [-0.25, -0.2) is 0 Å². The SMILES string of the molecule is COC1(C(N)c2occc2Br)CCC(C)(C)CC1. The fourth-order valence-electron chi connectivity index (χ4n) is 2.76. The molecule has 0 aliphatic heterocycles. The number of furan rings is 1. The first-order valence-electron chi connectivity index (χ1n) is 6.44. The van der Waals surface area contributed by atoms with Crippen LogP contribution in [0.2, 0.25) is 0 Å². The molecule has 0 aromatic carbocycles. The highest BCUT2D eigenvalue weighted by Gasteiger charge is 2.45. The maximum absolute atomic E-state index is 6.40. The van der Waals surface area contributed by atoms with Gasteiger partial charge in [0, 0.05) is 7.11 Å². The number of rotatable bonds is 3. The van der Waals surface area contributed by atoms with Crippen molar-refractivity contribution in [3.8, 4) is 0 Å². The number of hydrogen-bond acceptors (Lipinski definition) is 3. The molecule has 0 amide bonds. The van der Waals surface area contributed by atoms with Gasteiger partial charge in [0.05, 0.1) is 22.4 Å². The van der Waals surface area contributed by atoms with E-state index >= 15 is 0 Å². The van der Waals surface area contributed by atoms with Crippen LogP contribution in [0.5, 0.6) is 0 Å². The predicted molar refractivity (Wildman–Crippen MR) is 75.3 cm³/mol. The second-order valence-corrected chi connectivity index (χ2v) is 6.90. The van der Waals surface area contributed by atoms with Crippen LogP contribution in [0.3, 0.4) is 0 Å². The first kappa shape index (κ1) is 14.1. The number of ether oxygens (including phenoxy) is 1. The normalized spacial score (nSPS) is 23.8. The molecule has 102 valence electrons. The smallest absolute Gasteiger partial charge is 0.137 e. The van der Waals surface area contributed by atoms with Gasteiger partial charge in [-0.1, -0.05) is 13.8 Å². The lowest BCUT2D eigenvalue weighted by Crippen LogP contribution is -2.47. The molecule has 18 heavy (non-hydrogen) atoms. The molecule has 1 aliphatic carbocycles. The van der Waals surface area contributed by atoms with E-state index in [-0.39, 0.29) is 11.6 Å². The van der Waals surface area contributed by atoms with Crippen molar-refractivity contribution in [1.29, 1.82) is 0 Å². The quantitative estimate of drug-likeness (QED) is 0.916. The third kappa shape index (κ3) is 2.51. The van der Waals surface area contributed by atoms with Gasteiger partial charge in [0.15, 0.2) is 0 Å². The first-order chi connectivity index (χ1) is 8.40. The van der Waals surface area contributed by atoms with Crippen LogP contribution in [0.25, 0.3) is 0 Å². The zero-order chi connectivity index (χ0) is 13.4. The molecule has 1 atom stereocenters. The van der Waals surface area contributed by atoms with Gasteiger partial charge in [0.2, 0.25) is 0 Å². The Labute approximate surface area is 117 Å². The lowest BCUT2D eigenvalue weighted by molar-refractivity contribution is -0.0832. The van der Waals surface area contributed by atoms with Crippen LogP contribution in [-0.2, 0) is 4.74 Å². The summed E-state index contributed by atoms with van der Waals surface area (Å²) >= 11 is 3.48. The Hall–Kier alpha value is -0.320. The number of methoxy groups -OCH3 is 1. The Morgan fingerprint density at radius 2 is 1.94 bits per heavy atom. The minimum atomic E-state index is -0.296. The molecule has 0 bridgehead atoms. The van der Waals surface area contributed by atoms with Crippen LogP contribution in [0.1, 0.15) is 51.3 Å². The van der Waals surface area contributed by atoms with Crippen molar-refractivity contribution in [1.82, 2.24) is 0 Å². The van der Waals surface area contributed by atoms with Crippen molar-refractivity contribution >= 4 is 15.9 Å². The molecule has 1 unspecified atom stereocenters. The fourth-order valence-corrected chi connectivity index (χ4v) is 3.21. The van der Waals surface area contributed by atoms with Crippen molar-refractivity contribution in [3.05, 3.63) is 22.6 Å². The third-order valence-corrected chi connectivity index (χ3v) is 5.01. The Morgan fingerprint density at radius 3 is 2.39 bits per heavy atom. The van der Waals surface area contributed by atoms with Crippen LogP contribution < -0.4 is 5.73 Å². The minimum Gasteiger partial charge on any atom is -0.466 e. The lowest BCUT2D eigenvalue weighted by Gasteiger charge is -2.45. The second-order valence-electron chi connectivity index (χ2n) is 6.04. The first-order valence-corrected chi connectivity index (χ1v) is 7.23. The summed E-state index contributed by atoms with van der Waals surface area (Å²) in [6.45, 7) is 4.61. The van der Waals surface area contributed by atoms with Crippen LogP contribution in [0.4, 0.5) is 0 Å². The molecular formula is C14H22BrNO2. The molecule has 0 radical (unpaired) electrons. The van der Waals surface area contributed by atoms with Crippen LogP contribution in [-0.4, -0.2) is 12.7 Å². The number of nitrogens with two attached hydrogens (primary N) is 1. The highest BCUT2D eigenvalue weighted by molar-refractivity contribution is 9.10. The minimum absolute atomic E-state index is 0.219. The maximum atomic E-state index is 6.40. The van der Waals surface area contributed by atoms with Gasteiger partial charge < -0.3 is 14.9 Å². The van der Waals surface area contributed by atoms with E-state index in [2.05, 4.69) is 29.8 Å². The standard InChI is InChI=1S/C14H22BrNO2/c1-13(2)5-7-14(17-3,8-6-13)12(16)11-10(15)4-9-18-11/h4,9,12H,5-8,16H2,1-3H3. The maximum Gasteiger partial charge on any atom is 0.137 e. The molecule has 0 saturated heterocycles. The van der Waals surface area contributed by atoms with Gasteiger partial charge in [0.25, 0.3) is 0 Å². The summed E-state index contributed by atoms with van der Waals surface area (Å²) in [5.74, 6) is 0.788. The average molecular weight is 316 g/mol. The lowest BCUT2D eigenvalue weighted by atomic mass is 9.68. The van der Waals surface area contributed by atoms with Crippen molar-refractivity contribution in [2.75, 3.05) is 7.11 Å². The van der Waals surface area contributed by atoms with Gasteiger partial charge in [-0.15, -0.1) is 0 Å². The Bertz CT molecular complexity index is 404. The average Bonchev–Trinajstić information content (AvgIpc) is 2.75. The van der Waals surface area contributed by atoms with Crippen LogP contribution in [0, 0.1) is 5.41 Å². The van der Waals surface area contributed by atoms with Crippen molar-refractivity contribution in [2.45, 2.75) is 51.2 Å². The fraction of sp³-hybridized carbons (Fsp3) is 0.714. The molecule has 1 heterocycles. The van der Waals surface area contributed by atoms with E-state index in [1.807, 2.05) is 6.07 Å². The largest absolute Gasteiger partial charge is 0.466 e. The van der Waals surface area contributed by atoms with E-state index in [0.717, 1.165) is 35.9 Å². The molecule has 1 aromatic rings. The van der Waals surface area contributed by atoms with Gasteiger partial charge in [-0.05, 0) is 53.1 Å². The molecule has 2 rings (SSSR count). The molecule has 3 nitrogen and oxygen atoms in total. The summed E-state index contributed by atoms with van der Waals surface area (Å²) in [7, 11) is 1.76. The van der Waals surface area contributed by atoms with E-state index < -0.39 is 0 Å². The van der Waals surface area contributed by atoms with Crippen molar-refractivity contribution in [3.63, 3.8) is 0 Å². The Morgan fingerprint density at radius 1 is 1.33 bits per heavy atom. The predicted octanol–water partition coefficient (Wildman–Crippen LogP) is 4.03. The van der Waals surface area contributed by atoms with Gasteiger partial charge in [-0.2, -0.15) is 0 Å². The summed E-state index contributed by atoms with van der Waals surface area (Å²) in [6, 6.07) is 1.66. The monoisotopic (exact) mass is 315 g/mol. The van der Waals surface area contributed by atoms with E-state index in [1.165, 1.54) is 0 Å². The summed E-state index contributed by atoms with van der Waals surface area (Å²) < 4.78 is 12.2. The van der Waals surface area contributed by atoms with Gasteiger partial charge in [-0.3, -0.25) is 0 Å². The summed E-state index contributed by atoms with van der Waals surface area (Å²) in [6.07, 6.45) is 5.88. The number of hydrogen-bond donors (Lipinski definition) is 1. The van der Waals surface area contributed by atoms with Gasteiger partial charge in [0.1, 0.15) is 5.76 Å². The summed E-state index contributed by atoms with van der Waals surface area (Å²) in [5, 5.41) is 0. The highest BCUT2D eigenvalue weighted by Crippen LogP contribution is 2.47. The van der Waals surface area contributed by atoms with Crippen molar-refractivity contribution in [2.24, 2.45) is 11.1 Å². The molecule has 1 saturated carbocycles.